The number of nitrogens with one attached hydrogen (secondary N) is 1. The average molecular weight is 386 g/mol. The summed E-state index contributed by atoms with van der Waals surface area (Å²) in [4.78, 5) is 4.39. The second-order valence-electron chi connectivity index (χ2n) is 5.59. The maximum absolute atomic E-state index is 12.6. The summed E-state index contributed by atoms with van der Waals surface area (Å²) < 4.78 is 26.7. The van der Waals surface area contributed by atoms with E-state index in [0.29, 0.717) is 34.6 Å². The van der Waals surface area contributed by atoms with Gasteiger partial charge < -0.3 is 5.32 Å². The summed E-state index contributed by atoms with van der Waals surface area (Å²) in [6, 6.07) is 8.23. The van der Waals surface area contributed by atoms with Gasteiger partial charge in [-0.25, -0.2) is 13.4 Å². The maximum atomic E-state index is 12.6. The molecule has 1 aromatic carbocycles. The van der Waals surface area contributed by atoms with Crippen molar-refractivity contribution >= 4 is 44.7 Å². The number of nitrogens with zero attached hydrogens (tertiary/aromatic N) is 2. The zero-order valence-electron chi connectivity index (χ0n) is 12.9. The highest BCUT2D eigenvalue weighted by Gasteiger charge is 2.26. The second kappa shape index (κ2) is 7.27. The molecule has 0 radical (unpaired) electrons. The molecule has 0 spiro atoms. The summed E-state index contributed by atoms with van der Waals surface area (Å²) in [5.74, 6) is 0.497. The van der Waals surface area contributed by atoms with Crippen molar-refractivity contribution < 1.29 is 8.42 Å². The topological polar surface area (TPSA) is 62.3 Å². The third-order valence-electron chi connectivity index (χ3n) is 3.88. The number of benzene rings is 1. The molecule has 1 aliphatic heterocycles. The fourth-order valence-electron chi connectivity index (χ4n) is 2.59. The molecule has 0 aliphatic carbocycles. The third-order valence-corrected chi connectivity index (χ3v) is 6.33. The first-order chi connectivity index (χ1) is 11.5. The quantitative estimate of drug-likeness (QED) is 0.851. The van der Waals surface area contributed by atoms with Crippen LogP contribution in [0.1, 0.15) is 19.3 Å². The number of halogens is 2. The molecule has 1 saturated heterocycles. The number of pyridine rings is 1. The molecule has 0 amide bonds. The fourth-order valence-corrected chi connectivity index (χ4v) is 4.39. The van der Waals surface area contributed by atoms with Crippen LogP contribution in [-0.4, -0.2) is 30.8 Å². The van der Waals surface area contributed by atoms with Crippen molar-refractivity contribution in [1.29, 1.82) is 0 Å². The highest BCUT2D eigenvalue weighted by Crippen LogP contribution is 2.28. The molecule has 1 fully saturated rings. The Labute approximate surface area is 151 Å². The molecule has 0 saturated carbocycles. The van der Waals surface area contributed by atoms with Gasteiger partial charge in [-0.15, -0.1) is 0 Å². The second-order valence-corrected chi connectivity index (χ2v) is 8.37. The Morgan fingerprint density at radius 2 is 1.79 bits per heavy atom. The number of hydrogen-bond donors (Lipinski definition) is 1. The van der Waals surface area contributed by atoms with Crippen molar-refractivity contribution in [3.05, 3.63) is 46.6 Å². The van der Waals surface area contributed by atoms with Crippen LogP contribution in [0.5, 0.6) is 0 Å². The van der Waals surface area contributed by atoms with Gasteiger partial charge in [0.15, 0.2) is 0 Å². The molecule has 128 valence electrons. The van der Waals surface area contributed by atoms with E-state index in [-0.39, 0.29) is 4.90 Å². The van der Waals surface area contributed by atoms with Crippen LogP contribution < -0.4 is 5.32 Å². The number of anilines is 2. The zero-order valence-corrected chi connectivity index (χ0v) is 15.2. The van der Waals surface area contributed by atoms with Crippen molar-refractivity contribution in [2.24, 2.45) is 0 Å². The summed E-state index contributed by atoms with van der Waals surface area (Å²) in [5.41, 5.74) is 0.614. The van der Waals surface area contributed by atoms with Crippen LogP contribution in [0.3, 0.4) is 0 Å². The molecule has 3 rings (SSSR count). The summed E-state index contributed by atoms with van der Waals surface area (Å²) in [7, 11) is -3.47. The Morgan fingerprint density at radius 1 is 1.04 bits per heavy atom. The summed E-state index contributed by atoms with van der Waals surface area (Å²) in [6.07, 6.45) is 4.25. The van der Waals surface area contributed by atoms with Crippen LogP contribution in [0.25, 0.3) is 0 Å². The lowest BCUT2D eigenvalue weighted by molar-refractivity contribution is 0.346. The van der Waals surface area contributed by atoms with Crippen LogP contribution in [-0.2, 0) is 10.0 Å². The molecular weight excluding hydrogens is 369 g/mol. The van der Waals surface area contributed by atoms with Gasteiger partial charge in [-0.05, 0) is 43.2 Å². The molecule has 0 unspecified atom stereocenters. The molecule has 1 N–H and O–H groups in total. The minimum atomic E-state index is -3.47. The molecule has 5 nitrogen and oxygen atoms in total. The Kier molecular flexibility index (Phi) is 5.30. The molecule has 2 heterocycles. The van der Waals surface area contributed by atoms with Crippen LogP contribution in [0.2, 0.25) is 10.0 Å². The third kappa shape index (κ3) is 3.83. The first kappa shape index (κ1) is 17.5. The summed E-state index contributed by atoms with van der Waals surface area (Å²) >= 11 is 12.1. The number of sulfonamides is 1. The molecule has 2 aromatic rings. The van der Waals surface area contributed by atoms with E-state index in [2.05, 4.69) is 10.3 Å². The van der Waals surface area contributed by atoms with E-state index in [1.54, 1.807) is 30.3 Å². The molecule has 1 aromatic heterocycles. The van der Waals surface area contributed by atoms with Gasteiger partial charge in [0, 0.05) is 24.3 Å². The van der Waals surface area contributed by atoms with E-state index in [4.69, 9.17) is 23.2 Å². The number of piperidine rings is 1. The highest BCUT2D eigenvalue weighted by molar-refractivity contribution is 7.89. The normalized spacial score (nSPS) is 16.1. The minimum Gasteiger partial charge on any atom is -0.339 e. The fraction of sp³-hybridized carbons (Fsp3) is 0.312. The predicted octanol–water partition coefficient (Wildman–Crippen LogP) is 4.31. The van der Waals surface area contributed by atoms with Crippen LogP contribution in [0.15, 0.2) is 41.4 Å². The van der Waals surface area contributed by atoms with Gasteiger partial charge in [-0.1, -0.05) is 29.6 Å². The Balaban J connectivity index is 1.79. The lowest BCUT2D eigenvalue weighted by atomic mass is 10.2. The maximum Gasteiger partial charge on any atom is 0.244 e. The van der Waals surface area contributed by atoms with Gasteiger partial charge in [-0.2, -0.15) is 4.31 Å². The predicted molar refractivity (Wildman–Crippen MR) is 96.6 cm³/mol. The average Bonchev–Trinajstić information content (AvgIpc) is 2.59. The van der Waals surface area contributed by atoms with E-state index in [1.165, 1.54) is 10.5 Å². The number of hydrogen-bond acceptors (Lipinski definition) is 4. The van der Waals surface area contributed by atoms with E-state index < -0.39 is 10.0 Å². The minimum absolute atomic E-state index is 0.201. The first-order valence-electron chi connectivity index (χ1n) is 7.65. The Hall–Kier alpha value is -1.34. The van der Waals surface area contributed by atoms with Crippen LogP contribution in [0, 0.1) is 0 Å². The molecule has 0 atom stereocenters. The lowest BCUT2D eigenvalue weighted by Gasteiger charge is -2.25. The summed E-state index contributed by atoms with van der Waals surface area (Å²) in [6.45, 7) is 1.14. The van der Waals surface area contributed by atoms with E-state index in [9.17, 15) is 8.42 Å². The molecule has 24 heavy (non-hydrogen) atoms. The Morgan fingerprint density at radius 3 is 2.46 bits per heavy atom. The molecule has 1 aliphatic rings. The van der Waals surface area contributed by atoms with Crippen LogP contribution in [0.4, 0.5) is 11.5 Å². The lowest BCUT2D eigenvalue weighted by Crippen LogP contribution is -2.35. The van der Waals surface area contributed by atoms with Crippen molar-refractivity contribution in [3.8, 4) is 0 Å². The smallest absolute Gasteiger partial charge is 0.244 e. The van der Waals surface area contributed by atoms with E-state index in [1.807, 2.05) is 0 Å². The van der Waals surface area contributed by atoms with Gasteiger partial charge in [-0.3, -0.25) is 0 Å². The molecule has 0 bridgehead atoms. The van der Waals surface area contributed by atoms with Gasteiger partial charge in [0.25, 0.3) is 0 Å². The first-order valence-corrected chi connectivity index (χ1v) is 9.85. The van der Waals surface area contributed by atoms with Crippen LogP contribution >= 0.6 is 23.2 Å². The van der Waals surface area contributed by atoms with Gasteiger partial charge in [0.05, 0.1) is 10.7 Å². The van der Waals surface area contributed by atoms with Gasteiger partial charge in [0.1, 0.15) is 10.7 Å². The number of aromatic nitrogens is 1. The van der Waals surface area contributed by atoms with Gasteiger partial charge in [0.2, 0.25) is 10.0 Å². The Bertz CT molecular complexity index is 820. The monoisotopic (exact) mass is 385 g/mol. The molecule has 8 heteroatoms. The summed E-state index contributed by atoms with van der Waals surface area (Å²) in [5, 5.41) is 4.09. The van der Waals surface area contributed by atoms with Crippen molar-refractivity contribution in [2.45, 2.75) is 24.2 Å². The SMILES string of the molecule is O=S(=O)(c1ccc(Nc2cc(Cl)ccc2Cl)nc1)N1CCCCC1. The zero-order chi connectivity index (χ0) is 17.2. The standard InChI is InChI=1S/C16H17Cl2N3O2S/c17-12-4-6-14(18)15(10-12)20-16-7-5-13(11-19-16)24(22,23)21-8-2-1-3-9-21/h4-7,10-11H,1-3,8-9H2,(H,19,20). The van der Waals surface area contributed by atoms with E-state index >= 15 is 0 Å². The van der Waals surface area contributed by atoms with Gasteiger partial charge >= 0.3 is 0 Å². The highest BCUT2D eigenvalue weighted by atomic mass is 35.5. The van der Waals surface area contributed by atoms with Crippen molar-refractivity contribution in [1.82, 2.24) is 9.29 Å². The van der Waals surface area contributed by atoms with Crippen molar-refractivity contribution in [2.75, 3.05) is 18.4 Å². The van der Waals surface area contributed by atoms with Crippen molar-refractivity contribution in [3.63, 3.8) is 0 Å². The molecular formula is C16H17Cl2N3O2S. The number of rotatable bonds is 4. The van der Waals surface area contributed by atoms with E-state index in [0.717, 1.165) is 19.3 Å². The largest absolute Gasteiger partial charge is 0.339 e.